The predicted octanol–water partition coefficient (Wildman–Crippen LogP) is 2.59. The fourth-order valence-corrected chi connectivity index (χ4v) is 3.25. The van der Waals surface area contributed by atoms with E-state index in [1.54, 1.807) is 0 Å². The molecule has 1 N–H and O–H groups in total. The van der Waals surface area contributed by atoms with Gasteiger partial charge >= 0.3 is 6.09 Å². The minimum absolute atomic E-state index is 0.0139. The van der Waals surface area contributed by atoms with Gasteiger partial charge in [0.2, 0.25) is 0 Å². The molecule has 0 bridgehead atoms. The number of likely N-dealkylation sites (tertiary alicyclic amines) is 1. The van der Waals surface area contributed by atoms with E-state index in [0.717, 1.165) is 10.2 Å². The highest BCUT2D eigenvalue weighted by Crippen LogP contribution is 2.40. The SMILES string of the molecule is O=C(O)N1C[C@H]2CN(c3ccc(Br)cc3)C[C@]2(F)C1. The zero-order chi connectivity index (χ0) is 13.6. The molecule has 2 aliphatic rings. The van der Waals surface area contributed by atoms with Gasteiger partial charge in [0.15, 0.2) is 5.67 Å². The molecule has 0 spiro atoms. The molecule has 1 amide bonds. The number of hydrogen-bond acceptors (Lipinski definition) is 2. The third-order valence-corrected chi connectivity index (χ3v) is 4.51. The van der Waals surface area contributed by atoms with E-state index in [4.69, 9.17) is 5.11 Å². The largest absolute Gasteiger partial charge is 0.465 e. The molecule has 19 heavy (non-hydrogen) atoms. The Hall–Kier alpha value is -1.30. The summed E-state index contributed by atoms with van der Waals surface area (Å²) in [7, 11) is 0. The van der Waals surface area contributed by atoms with Crippen LogP contribution in [-0.4, -0.2) is 47.9 Å². The molecule has 0 radical (unpaired) electrons. The summed E-state index contributed by atoms with van der Waals surface area (Å²) < 4.78 is 15.8. The maximum atomic E-state index is 14.8. The Bertz CT molecular complexity index is 510. The summed E-state index contributed by atoms with van der Waals surface area (Å²) in [6.45, 7) is 1.11. The van der Waals surface area contributed by atoms with Gasteiger partial charge in [-0.2, -0.15) is 0 Å². The number of alkyl halides is 1. The van der Waals surface area contributed by atoms with Crippen molar-refractivity contribution in [3.8, 4) is 0 Å². The minimum atomic E-state index is -1.41. The first kappa shape index (κ1) is 12.7. The molecule has 0 saturated carbocycles. The van der Waals surface area contributed by atoms with Crippen molar-refractivity contribution in [2.75, 3.05) is 31.1 Å². The number of rotatable bonds is 1. The highest BCUT2D eigenvalue weighted by Gasteiger charge is 2.54. The van der Waals surface area contributed by atoms with Gasteiger partial charge in [-0.3, -0.25) is 0 Å². The van der Waals surface area contributed by atoms with Crippen LogP contribution in [0.2, 0.25) is 0 Å². The van der Waals surface area contributed by atoms with E-state index in [9.17, 15) is 9.18 Å². The van der Waals surface area contributed by atoms with Crippen LogP contribution in [0.15, 0.2) is 28.7 Å². The lowest BCUT2D eigenvalue weighted by atomic mass is 9.97. The second kappa shape index (κ2) is 4.37. The number of carbonyl (C=O) groups is 1. The van der Waals surface area contributed by atoms with Crippen molar-refractivity contribution >= 4 is 27.7 Å². The molecule has 2 fully saturated rings. The fourth-order valence-electron chi connectivity index (χ4n) is 2.98. The lowest BCUT2D eigenvalue weighted by Crippen LogP contribution is -2.37. The van der Waals surface area contributed by atoms with Gasteiger partial charge in [-0.1, -0.05) is 15.9 Å². The van der Waals surface area contributed by atoms with Gasteiger partial charge in [-0.05, 0) is 24.3 Å². The van der Waals surface area contributed by atoms with Crippen molar-refractivity contribution in [3.05, 3.63) is 28.7 Å². The number of halogens is 2. The van der Waals surface area contributed by atoms with Crippen molar-refractivity contribution < 1.29 is 14.3 Å². The van der Waals surface area contributed by atoms with E-state index in [-0.39, 0.29) is 19.0 Å². The van der Waals surface area contributed by atoms with Crippen molar-refractivity contribution in [2.45, 2.75) is 5.67 Å². The van der Waals surface area contributed by atoms with E-state index in [1.807, 2.05) is 29.2 Å². The Morgan fingerprint density at radius 3 is 2.58 bits per heavy atom. The number of anilines is 1. The second-order valence-electron chi connectivity index (χ2n) is 5.25. The molecule has 102 valence electrons. The Kier molecular flexibility index (Phi) is 2.92. The normalized spacial score (nSPS) is 29.7. The molecule has 6 heteroatoms. The van der Waals surface area contributed by atoms with Crippen LogP contribution in [0.5, 0.6) is 0 Å². The topological polar surface area (TPSA) is 43.8 Å². The Morgan fingerprint density at radius 1 is 1.32 bits per heavy atom. The summed E-state index contributed by atoms with van der Waals surface area (Å²) in [5.74, 6) is -0.229. The van der Waals surface area contributed by atoms with Gasteiger partial charge in [0.05, 0.1) is 13.1 Å². The van der Waals surface area contributed by atoms with Crippen LogP contribution >= 0.6 is 15.9 Å². The smallest absolute Gasteiger partial charge is 0.407 e. The molecule has 2 atom stereocenters. The van der Waals surface area contributed by atoms with Crippen LogP contribution < -0.4 is 4.90 Å². The Morgan fingerprint density at radius 2 is 2.00 bits per heavy atom. The van der Waals surface area contributed by atoms with E-state index >= 15 is 0 Å². The van der Waals surface area contributed by atoms with Crippen LogP contribution in [-0.2, 0) is 0 Å². The zero-order valence-electron chi connectivity index (χ0n) is 10.2. The number of fused-ring (bicyclic) bond motifs is 1. The Balaban J connectivity index is 1.75. The third kappa shape index (κ3) is 2.18. The summed E-state index contributed by atoms with van der Waals surface area (Å²) in [4.78, 5) is 14.1. The van der Waals surface area contributed by atoms with Crippen LogP contribution in [0.4, 0.5) is 14.9 Å². The van der Waals surface area contributed by atoms with E-state index in [2.05, 4.69) is 15.9 Å². The first-order chi connectivity index (χ1) is 8.98. The van der Waals surface area contributed by atoms with Crippen molar-refractivity contribution in [1.29, 1.82) is 0 Å². The summed E-state index contributed by atoms with van der Waals surface area (Å²) in [5, 5.41) is 8.94. The molecule has 3 rings (SSSR count). The quantitative estimate of drug-likeness (QED) is 0.861. The highest BCUT2D eigenvalue weighted by atomic mass is 79.9. The first-order valence-corrected chi connectivity index (χ1v) is 6.94. The van der Waals surface area contributed by atoms with E-state index in [0.29, 0.717) is 13.1 Å². The molecule has 1 aromatic rings. The number of amides is 1. The summed E-state index contributed by atoms with van der Waals surface area (Å²) in [6.07, 6.45) is -1.03. The second-order valence-corrected chi connectivity index (χ2v) is 6.17. The van der Waals surface area contributed by atoms with Gasteiger partial charge in [-0.15, -0.1) is 0 Å². The molecule has 4 nitrogen and oxygen atoms in total. The zero-order valence-corrected chi connectivity index (χ0v) is 11.8. The first-order valence-electron chi connectivity index (χ1n) is 6.15. The van der Waals surface area contributed by atoms with Gasteiger partial charge in [0.1, 0.15) is 0 Å². The number of benzene rings is 1. The Labute approximate surface area is 118 Å². The summed E-state index contributed by atoms with van der Waals surface area (Å²) in [6, 6.07) is 7.75. The van der Waals surface area contributed by atoms with E-state index in [1.165, 1.54) is 4.90 Å². The van der Waals surface area contributed by atoms with Gasteiger partial charge in [-0.25, -0.2) is 9.18 Å². The molecule has 0 aliphatic carbocycles. The maximum absolute atomic E-state index is 14.8. The number of nitrogens with zero attached hydrogens (tertiary/aromatic N) is 2. The summed E-state index contributed by atoms with van der Waals surface area (Å²) >= 11 is 3.37. The van der Waals surface area contributed by atoms with Gasteiger partial charge < -0.3 is 14.9 Å². The molecule has 2 aliphatic heterocycles. The lowest BCUT2D eigenvalue weighted by Gasteiger charge is -2.23. The molecule has 2 saturated heterocycles. The summed E-state index contributed by atoms with van der Waals surface area (Å²) in [5.41, 5.74) is -0.428. The van der Waals surface area contributed by atoms with Crippen LogP contribution in [0, 0.1) is 5.92 Å². The van der Waals surface area contributed by atoms with Gasteiger partial charge in [0, 0.05) is 29.2 Å². The van der Waals surface area contributed by atoms with Crippen molar-refractivity contribution in [1.82, 2.24) is 4.90 Å². The molecular formula is C13H14BrFN2O2. The average Bonchev–Trinajstić information content (AvgIpc) is 2.82. The van der Waals surface area contributed by atoms with Crippen molar-refractivity contribution in [3.63, 3.8) is 0 Å². The minimum Gasteiger partial charge on any atom is -0.465 e. The maximum Gasteiger partial charge on any atom is 0.407 e. The van der Waals surface area contributed by atoms with Crippen LogP contribution in [0.1, 0.15) is 0 Å². The lowest BCUT2D eigenvalue weighted by molar-refractivity contribution is 0.137. The average molecular weight is 329 g/mol. The molecule has 0 unspecified atom stereocenters. The standard InChI is InChI=1S/C13H14BrFN2O2/c14-10-1-3-11(4-2-10)16-5-9-6-17(12(18)19)8-13(9,15)7-16/h1-4,9H,5-8H2,(H,18,19)/t9-,13+/m1/s1. The van der Waals surface area contributed by atoms with Gasteiger partial charge in [0.25, 0.3) is 0 Å². The number of hydrogen-bond donors (Lipinski definition) is 1. The fraction of sp³-hybridized carbons (Fsp3) is 0.462. The molecule has 2 heterocycles. The monoisotopic (exact) mass is 328 g/mol. The van der Waals surface area contributed by atoms with Crippen LogP contribution in [0.3, 0.4) is 0 Å². The molecule has 1 aromatic carbocycles. The molecule has 0 aromatic heterocycles. The molecular weight excluding hydrogens is 315 g/mol. The third-order valence-electron chi connectivity index (χ3n) is 3.98. The predicted molar refractivity (Wildman–Crippen MR) is 73.3 cm³/mol. The van der Waals surface area contributed by atoms with Crippen LogP contribution in [0.25, 0.3) is 0 Å². The highest BCUT2D eigenvalue weighted by molar-refractivity contribution is 9.10. The van der Waals surface area contributed by atoms with E-state index < -0.39 is 11.8 Å². The number of carboxylic acid groups (broad SMARTS) is 1. The van der Waals surface area contributed by atoms with Crippen molar-refractivity contribution in [2.24, 2.45) is 5.92 Å².